The van der Waals surface area contributed by atoms with Crippen molar-refractivity contribution in [2.24, 2.45) is 0 Å². The highest BCUT2D eigenvalue weighted by Crippen LogP contribution is 2.26. The van der Waals surface area contributed by atoms with E-state index >= 15 is 0 Å². The lowest BCUT2D eigenvalue weighted by atomic mass is 9.93. The smallest absolute Gasteiger partial charge is 0.193 e. The summed E-state index contributed by atoms with van der Waals surface area (Å²) in [5, 5.41) is 0. The Morgan fingerprint density at radius 3 is 1.85 bits per heavy atom. The standard InChI is InChI=1S/C18H20O2/c1-11-7-6-8-12(2)16(11)17(19)15-9-13(3)18(20-5)14(4)10-15/h6-10H,1-5H3. The molecule has 0 unspecified atom stereocenters. The summed E-state index contributed by atoms with van der Waals surface area (Å²) in [6.45, 7) is 7.88. The Hall–Kier alpha value is -2.09. The zero-order valence-electron chi connectivity index (χ0n) is 12.7. The van der Waals surface area contributed by atoms with Gasteiger partial charge >= 0.3 is 0 Å². The van der Waals surface area contributed by atoms with Gasteiger partial charge in [-0.2, -0.15) is 0 Å². The van der Waals surface area contributed by atoms with Crippen molar-refractivity contribution in [3.8, 4) is 5.75 Å². The highest BCUT2D eigenvalue weighted by Gasteiger charge is 2.16. The average molecular weight is 268 g/mol. The molecule has 0 atom stereocenters. The van der Waals surface area contributed by atoms with Crippen molar-refractivity contribution in [2.75, 3.05) is 7.11 Å². The first-order valence-electron chi connectivity index (χ1n) is 6.72. The molecule has 2 aromatic carbocycles. The maximum atomic E-state index is 12.8. The number of hydrogen-bond acceptors (Lipinski definition) is 2. The molecule has 104 valence electrons. The molecule has 2 nitrogen and oxygen atoms in total. The van der Waals surface area contributed by atoms with Crippen LogP contribution in [0.15, 0.2) is 30.3 Å². The molecule has 0 radical (unpaired) electrons. The summed E-state index contributed by atoms with van der Waals surface area (Å²) >= 11 is 0. The predicted octanol–water partition coefficient (Wildman–Crippen LogP) is 4.16. The fourth-order valence-electron chi connectivity index (χ4n) is 2.72. The zero-order chi connectivity index (χ0) is 14.9. The minimum absolute atomic E-state index is 0.0782. The van der Waals surface area contributed by atoms with Crippen LogP contribution in [0.2, 0.25) is 0 Å². The number of hydrogen-bond donors (Lipinski definition) is 0. The van der Waals surface area contributed by atoms with E-state index in [0.29, 0.717) is 0 Å². The quantitative estimate of drug-likeness (QED) is 0.781. The molecule has 0 aliphatic carbocycles. The van der Waals surface area contributed by atoms with Crippen LogP contribution in [0.4, 0.5) is 0 Å². The largest absolute Gasteiger partial charge is 0.496 e. The minimum Gasteiger partial charge on any atom is -0.496 e. The molecule has 0 fully saturated rings. The van der Waals surface area contributed by atoms with E-state index in [1.807, 2.05) is 58.0 Å². The molecular weight excluding hydrogens is 248 g/mol. The molecule has 0 bridgehead atoms. The normalized spacial score (nSPS) is 10.4. The van der Waals surface area contributed by atoms with Crippen molar-refractivity contribution in [1.82, 2.24) is 0 Å². The van der Waals surface area contributed by atoms with Gasteiger partial charge in [-0.3, -0.25) is 4.79 Å². The van der Waals surface area contributed by atoms with Crippen molar-refractivity contribution in [1.29, 1.82) is 0 Å². The molecule has 0 N–H and O–H groups in total. The van der Waals surface area contributed by atoms with Crippen LogP contribution in [0.1, 0.15) is 38.2 Å². The van der Waals surface area contributed by atoms with Gasteiger partial charge in [-0.05, 0) is 62.1 Å². The first-order chi connectivity index (χ1) is 9.45. The fourth-order valence-corrected chi connectivity index (χ4v) is 2.72. The Labute approximate surface area is 120 Å². The van der Waals surface area contributed by atoms with Gasteiger partial charge in [-0.15, -0.1) is 0 Å². The van der Waals surface area contributed by atoms with Gasteiger partial charge in [0.05, 0.1) is 7.11 Å². The Kier molecular flexibility index (Phi) is 3.93. The van der Waals surface area contributed by atoms with E-state index in [-0.39, 0.29) is 5.78 Å². The van der Waals surface area contributed by atoms with E-state index < -0.39 is 0 Å². The van der Waals surface area contributed by atoms with E-state index in [1.165, 1.54) is 0 Å². The van der Waals surface area contributed by atoms with Gasteiger partial charge in [-0.25, -0.2) is 0 Å². The summed E-state index contributed by atoms with van der Waals surface area (Å²) in [4.78, 5) is 12.8. The van der Waals surface area contributed by atoms with Gasteiger partial charge in [0.2, 0.25) is 0 Å². The molecule has 20 heavy (non-hydrogen) atoms. The maximum Gasteiger partial charge on any atom is 0.193 e. The van der Waals surface area contributed by atoms with E-state index in [0.717, 1.165) is 39.1 Å². The van der Waals surface area contributed by atoms with E-state index in [1.54, 1.807) is 7.11 Å². The second-order valence-electron chi connectivity index (χ2n) is 5.24. The van der Waals surface area contributed by atoms with Gasteiger partial charge in [0.25, 0.3) is 0 Å². The lowest BCUT2D eigenvalue weighted by molar-refractivity contribution is 0.103. The fraction of sp³-hybridized carbons (Fsp3) is 0.278. The van der Waals surface area contributed by atoms with Crippen molar-refractivity contribution in [3.05, 3.63) is 63.7 Å². The SMILES string of the molecule is COc1c(C)cc(C(=O)c2c(C)cccc2C)cc1C. The molecule has 0 aromatic heterocycles. The first kappa shape index (κ1) is 14.3. The number of ketones is 1. The van der Waals surface area contributed by atoms with Crippen LogP contribution in [-0.2, 0) is 0 Å². The summed E-state index contributed by atoms with van der Waals surface area (Å²) in [5.74, 6) is 0.928. The molecule has 2 heteroatoms. The second-order valence-corrected chi connectivity index (χ2v) is 5.24. The second kappa shape index (κ2) is 5.49. The Morgan fingerprint density at radius 2 is 1.40 bits per heavy atom. The molecular formula is C18H20O2. The number of ether oxygens (including phenoxy) is 1. The summed E-state index contributed by atoms with van der Waals surface area (Å²) in [6.07, 6.45) is 0. The van der Waals surface area contributed by atoms with Crippen molar-refractivity contribution in [3.63, 3.8) is 0 Å². The van der Waals surface area contributed by atoms with Crippen LogP contribution < -0.4 is 4.74 Å². The monoisotopic (exact) mass is 268 g/mol. The number of methoxy groups -OCH3 is 1. The molecule has 0 spiro atoms. The molecule has 0 aliphatic rings. The highest BCUT2D eigenvalue weighted by atomic mass is 16.5. The molecule has 2 rings (SSSR count). The van der Waals surface area contributed by atoms with E-state index in [2.05, 4.69) is 0 Å². The number of carbonyl (C=O) groups is 1. The van der Waals surface area contributed by atoms with E-state index in [4.69, 9.17) is 4.74 Å². The highest BCUT2D eigenvalue weighted by molar-refractivity contribution is 6.11. The van der Waals surface area contributed by atoms with Crippen LogP contribution in [0, 0.1) is 27.7 Å². The molecule has 0 saturated carbocycles. The molecule has 0 saturated heterocycles. The number of carbonyl (C=O) groups excluding carboxylic acids is 1. The number of benzene rings is 2. The van der Waals surface area contributed by atoms with Gasteiger partial charge in [-0.1, -0.05) is 18.2 Å². The van der Waals surface area contributed by atoms with Crippen LogP contribution >= 0.6 is 0 Å². The van der Waals surface area contributed by atoms with Crippen molar-refractivity contribution in [2.45, 2.75) is 27.7 Å². The lowest BCUT2D eigenvalue weighted by Gasteiger charge is -2.13. The Bertz CT molecular complexity index is 626. The topological polar surface area (TPSA) is 26.3 Å². The molecule has 0 amide bonds. The van der Waals surface area contributed by atoms with Crippen LogP contribution in [0.25, 0.3) is 0 Å². The van der Waals surface area contributed by atoms with Gasteiger partial charge < -0.3 is 4.74 Å². The van der Waals surface area contributed by atoms with Crippen LogP contribution in [-0.4, -0.2) is 12.9 Å². The maximum absolute atomic E-state index is 12.8. The van der Waals surface area contributed by atoms with Crippen LogP contribution in [0.3, 0.4) is 0 Å². The number of rotatable bonds is 3. The van der Waals surface area contributed by atoms with Gasteiger partial charge in [0.15, 0.2) is 5.78 Å². The van der Waals surface area contributed by atoms with E-state index in [9.17, 15) is 4.79 Å². The Balaban J connectivity index is 2.55. The summed E-state index contributed by atoms with van der Waals surface area (Å²) in [7, 11) is 1.66. The van der Waals surface area contributed by atoms with Gasteiger partial charge in [0.1, 0.15) is 5.75 Å². The third-order valence-electron chi connectivity index (χ3n) is 3.63. The summed E-state index contributed by atoms with van der Waals surface area (Å²) in [6, 6.07) is 9.74. The van der Waals surface area contributed by atoms with Crippen LogP contribution in [0.5, 0.6) is 5.75 Å². The number of aryl methyl sites for hydroxylation is 4. The summed E-state index contributed by atoms with van der Waals surface area (Å²) < 4.78 is 5.35. The Morgan fingerprint density at radius 1 is 0.900 bits per heavy atom. The van der Waals surface area contributed by atoms with Crippen molar-refractivity contribution >= 4 is 5.78 Å². The third-order valence-corrected chi connectivity index (χ3v) is 3.63. The minimum atomic E-state index is 0.0782. The third kappa shape index (κ3) is 2.46. The zero-order valence-corrected chi connectivity index (χ0v) is 12.7. The first-order valence-corrected chi connectivity index (χ1v) is 6.72. The average Bonchev–Trinajstić information content (AvgIpc) is 2.37. The molecule has 0 aliphatic heterocycles. The van der Waals surface area contributed by atoms with Gasteiger partial charge in [0, 0.05) is 11.1 Å². The molecule has 2 aromatic rings. The molecule has 0 heterocycles. The lowest BCUT2D eigenvalue weighted by Crippen LogP contribution is -2.07. The summed E-state index contributed by atoms with van der Waals surface area (Å²) in [5.41, 5.74) is 5.53. The van der Waals surface area contributed by atoms with Crippen molar-refractivity contribution < 1.29 is 9.53 Å². The predicted molar refractivity (Wildman–Crippen MR) is 81.8 cm³/mol.